The maximum absolute atomic E-state index is 6.26. The van der Waals surface area contributed by atoms with Crippen LogP contribution in [0.15, 0.2) is 53.6 Å². The zero-order valence-corrected chi connectivity index (χ0v) is 22.0. The second-order valence-corrected chi connectivity index (χ2v) is 10.1. The summed E-state index contributed by atoms with van der Waals surface area (Å²) in [5, 5.41) is 14.1. The summed E-state index contributed by atoms with van der Waals surface area (Å²) in [6, 6.07) is 14.2. The third-order valence-electron chi connectivity index (χ3n) is 6.45. The third kappa shape index (κ3) is 5.50. The molecule has 0 atom stereocenters. The predicted molar refractivity (Wildman–Crippen MR) is 148 cm³/mol. The quantitative estimate of drug-likeness (QED) is 0.236. The lowest BCUT2D eigenvalue weighted by molar-refractivity contribution is 0.414. The summed E-state index contributed by atoms with van der Waals surface area (Å²) in [4.78, 5) is 10.4. The summed E-state index contributed by atoms with van der Waals surface area (Å²) in [6.07, 6.45) is 8.98. The number of nitrogens with one attached hydrogen (secondary N) is 2. The molecule has 2 aromatic carbocycles. The molecule has 0 saturated heterocycles. The van der Waals surface area contributed by atoms with Crippen molar-refractivity contribution in [2.75, 3.05) is 17.1 Å². The lowest BCUT2D eigenvalue weighted by Crippen LogP contribution is -2.23. The van der Waals surface area contributed by atoms with E-state index in [1.807, 2.05) is 36.5 Å². The van der Waals surface area contributed by atoms with Crippen LogP contribution in [0, 0.1) is 0 Å². The van der Waals surface area contributed by atoms with Gasteiger partial charge < -0.3 is 14.8 Å². The molecule has 1 fully saturated rings. The molecule has 0 bridgehead atoms. The molecule has 2 N–H and O–H groups in total. The summed E-state index contributed by atoms with van der Waals surface area (Å²) < 4.78 is 8.81. The minimum absolute atomic E-state index is 0.464. The summed E-state index contributed by atoms with van der Waals surface area (Å²) in [6.45, 7) is 2.14. The normalized spacial score (nSPS) is 14.1. The van der Waals surface area contributed by atoms with Crippen LogP contribution in [0.25, 0.3) is 22.2 Å². The van der Waals surface area contributed by atoms with E-state index in [0.29, 0.717) is 28.6 Å². The molecular formula is C27H29ClN6OS. The Morgan fingerprint density at radius 2 is 1.92 bits per heavy atom. The number of aromatic nitrogens is 4. The molecule has 5 rings (SSSR count). The molecule has 0 unspecified atom stereocenters. The van der Waals surface area contributed by atoms with Crippen LogP contribution in [0.1, 0.15) is 44.6 Å². The van der Waals surface area contributed by atoms with Gasteiger partial charge in [0.1, 0.15) is 0 Å². The van der Waals surface area contributed by atoms with E-state index in [2.05, 4.69) is 44.3 Å². The van der Waals surface area contributed by atoms with Crippen molar-refractivity contribution >= 4 is 46.2 Å². The van der Waals surface area contributed by atoms with Gasteiger partial charge in [-0.1, -0.05) is 49.9 Å². The first-order chi connectivity index (χ1) is 17.6. The lowest BCUT2D eigenvalue weighted by Gasteiger charge is -2.22. The van der Waals surface area contributed by atoms with Crippen molar-refractivity contribution in [3.8, 4) is 17.0 Å². The number of hydrogen-bond donors (Lipinski definition) is 2. The predicted octanol–water partition coefficient (Wildman–Crippen LogP) is 7.18. The van der Waals surface area contributed by atoms with E-state index in [9.17, 15) is 0 Å². The smallest absolute Gasteiger partial charge is 0.223 e. The monoisotopic (exact) mass is 520 g/mol. The van der Waals surface area contributed by atoms with Gasteiger partial charge in [0.05, 0.1) is 23.3 Å². The molecule has 0 aliphatic heterocycles. The molecule has 4 aromatic rings. The summed E-state index contributed by atoms with van der Waals surface area (Å²) in [7, 11) is 1.62. The number of aryl methyl sites for hydroxylation is 1. The summed E-state index contributed by atoms with van der Waals surface area (Å²) in [5.41, 5.74) is 3.80. The van der Waals surface area contributed by atoms with Gasteiger partial charge in [-0.25, -0.2) is 9.97 Å². The van der Waals surface area contributed by atoms with Gasteiger partial charge in [-0.15, -0.1) is 10.2 Å². The molecule has 1 aliphatic rings. The van der Waals surface area contributed by atoms with Crippen molar-refractivity contribution in [2.24, 2.45) is 0 Å². The van der Waals surface area contributed by atoms with E-state index >= 15 is 0 Å². The average molecular weight is 521 g/mol. The van der Waals surface area contributed by atoms with E-state index in [1.165, 1.54) is 44.1 Å². The van der Waals surface area contributed by atoms with Crippen LogP contribution in [-0.2, 0) is 6.42 Å². The molecular weight excluding hydrogens is 492 g/mol. The van der Waals surface area contributed by atoms with E-state index in [4.69, 9.17) is 21.3 Å². The van der Waals surface area contributed by atoms with E-state index in [1.54, 1.807) is 7.11 Å². The van der Waals surface area contributed by atoms with E-state index < -0.39 is 0 Å². The SMILES string of the molecule is CCc1cc(-c2cc(OC)c(NSc3ccccc3Cl)nn2)cc2cnc(NC3CCCCC3)nc12. The largest absolute Gasteiger partial charge is 0.493 e. The molecule has 186 valence electrons. The second-order valence-electron chi connectivity index (χ2n) is 8.88. The fraction of sp³-hybridized carbons (Fsp3) is 0.333. The number of benzene rings is 2. The van der Waals surface area contributed by atoms with Gasteiger partial charge in [0.2, 0.25) is 11.8 Å². The number of hydrogen-bond acceptors (Lipinski definition) is 8. The van der Waals surface area contributed by atoms with Gasteiger partial charge in [-0.05, 0) is 61.0 Å². The highest BCUT2D eigenvalue weighted by Gasteiger charge is 2.16. The van der Waals surface area contributed by atoms with Crippen LogP contribution in [0.3, 0.4) is 0 Å². The molecule has 36 heavy (non-hydrogen) atoms. The molecule has 7 nitrogen and oxygen atoms in total. The Kier molecular flexibility index (Phi) is 7.72. The number of rotatable bonds is 8. The van der Waals surface area contributed by atoms with Crippen LogP contribution >= 0.6 is 23.5 Å². The maximum Gasteiger partial charge on any atom is 0.223 e. The van der Waals surface area contributed by atoms with Gasteiger partial charge in [0.25, 0.3) is 0 Å². The van der Waals surface area contributed by atoms with Crippen molar-refractivity contribution in [1.82, 2.24) is 20.2 Å². The molecule has 2 heterocycles. The van der Waals surface area contributed by atoms with E-state index in [0.717, 1.165) is 39.0 Å². The highest BCUT2D eigenvalue weighted by Crippen LogP contribution is 2.34. The van der Waals surface area contributed by atoms with Crippen LogP contribution in [0.5, 0.6) is 5.75 Å². The third-order valence-corrected chi connectivity index (χ3v) is 7.76. The first-order valence-electron chi connectivity index (χ1n) is 12.3. The van der Waals surface area contributed by atoms with Crippen LogP contribution in [0.4, 0.5) is 11.8 Å². The minimum atomic E-state index is 0.464. The number of fused-ring (bicyclic) bond motifs is 1. The Balaban J connectivity index is 1.40. The molecule has 1 saturated carbocycles. The first kappa shape index (κ1) is 24.6. The zero-order chi connectivity index (χ0) is 24.9. The standard InChI is InChI=1S/C27H29ClN6OS/c1-3-17-13-18(14-19-16-29-27(31-25(17)19)30-20-9-5-4-6-10-20)22-15-23(35-2)26(33-32-22)34-36-24-12-8-7-11-21(24)28/h7-8,11-16,20H,3-6,9-10H2,1-2H3,(H,33,34)(H,29,30,31). The zero-order valence-electron chi connectivity index (χ0n) is 20.4. The van der Waals surface area contributed by atoms with E-state index in [-0.39, 0.29) is 0 Å². The van der Waals surface area contributed by atoms with Crippen LogP contribution < -0.4 is 14.8 Å². The van der Waals surface area contributed by atoms with Gasteiger partial charge in [0.15, 0.2) is 5.75 Å². The van der Waals surface area contributed by atoms with Crippen LogP contribution in [-0.4, -0.2) is 33.3 Å². The Morgan fingerprint density at radius 1 is 1.08 bits per heavy atom. The maximum atomic E-state index is 6.26. The molecule has 0 radical (unpaired) electrons. The minimum Gasteiger partial charge on any atom is -0.493 e. The molecule has 0 spiro atoms. The fourth-order valence-electron chi connectivity index (χ4n) is 4.51. The molecule has 1 aliphatic carbocycles. The Labute approximate surface area is 220 Å². The molecule has 0 amide bonds. The van der Waals surface area contributed by atoms with Gasteiger partial charge in [-0.3, -0.25) is 0 Å². The Hall–Kier alpha value is -3.10. The van der Waals surface area contributed by atoms with Gasteiger partial charge >= 0.3 is 0 Å². The Bertz CT molecular complexity index is 1360. The van der Waals surface area contributed by atoms with Gasteiger partial charge in [-0.2, -0.15) is 0 Å². The summed E-state index contributed by atoms with van der Waals surface area (Å²) in [5.74, 6) is 1.84. The number of methoxy groups -OCH3 is 1. The Morgan fingerprint density at radius 3 is 2.69 bits per heavy atom. The topological polar surface area (TPSA) is 84.8 Å². The van der Waals surface area contributed by atoms with Crippen molar-refractivity contribution in [1.29, 1.82) is 0 Å². The first-order valence-corrected chi connectivity index (χ1v) is 13.5. The number of nitrogens with zero attached hydrogens (tertiary/aromatic N) is 4. The molecule has 2 aromatic heterocycles. The molecule has 9 heteroatoms. The number of anilines is 2. The van der Waals surface area contributed by atoms with Crippen molar-refractivity contribution in [3.63, 3.8) is 0 Å². The highest BCUT2D eigenvalue weighted by molar-refractivity contribution is 8.00. The fourth-order valence-corrected chi connectivity index (χ4v) is 5.42. The number of halogens is 1. The second kappa shape index (κ2) is 11.3. The van der Waals surface area contributed by atoms with Gasteiger partial charge in [0, 0.05) is 34.2 Å². The summed E-state index contributed by atoms with van der Waals surface area (Å²) >= 11 is 7.63. The lowest BCUT2D eigenvalue weighted by atomic mass is 9.96. The average Bonchev–Trinajstić information content (AvgIpc) is 2.92. The van der Waals surface area contributed by atoms with Crippen molar-refractivity contribution < 1.29 is 4.74 Å². The number of ether oxygens (including phenoxy) is 1. The highest BCUT2D eigenvalue weighted by atomic mass is 35.5. The van der Waals surface area contributed by atoms with Crippen molar-refractivity contribution in [2.45, 2.75) is 56.4 Å². The van der Waals surface area contributed by atoms with Crippen molar-refractivity contribution in [3.05, 3.63) is 59.2 Å². The van der Waals surface area contributed by atoms with Crippen LogP contribution in [0.2, 0.25) is 5.02 Å².